The third kappa shape index (κ3) is 2.91. The van der Waals surface area contributed by atoms with E-state index in [1.54, 1.807) is 6.92 Å². The van der Waals surface area contributed by atoms with Crippen LogP contribution in [0.2, 0.25) is 0 Å². The van der Waals surface area contributed by atoms with Gasteiger partial charge >= 0.3 is 0 Å². The number of halogens is 1. The predicted octanol–water partition coefficient (Wildman–Crippen LogP) is 2.78. The zero-order chi connectivity index (χ0) is 16.0. The number of anilines is 1. The summed E-state index contributed by atoms with van der Waals surface area (Å²) in [6, 6.07) is 7.49. The highest BCUT2D eigenvalue weighted by molar-refractivity contribution is 5.94. The summed E-state index contributed by atoms with van der Waals surface area (Å²) in [5, 5.41) is 6.92. The fraction of sp³-hybridized carbons (Fsp3) is 0.471. The lowest BCUT2D eigenvalue weighted by Gasteiger charge is -2.27. The van der Waals surface area contributed by atoms with Crippen molar-refractivity contribution in [3.63, 3.8) is 0 Å². The molecule has 1 heterocycles. The van der Waals surface area contributed by atoms with Crippen molar-refractivity contribution in [1.29, 1.82) is 0 Å². The summed E-state index contributed by atoms with van der Waals surface area (Å²) in [5.41, 5.74) is 7.81. The van der Waals surface area contributed by atoms with Gasteiger partial charge in [-0.25, -0.2) is 0 Å². The number of amides is 1. The number of carbonyl (C=O) groups is 1. The molecule has 2 aliphatic rings. The van der Waals surface area contributed by atoms with E-state index in [-0.39, 0.29) is 30.3 Å². The van der Waals surface area contributed by atoms with E-state index in [1.807, 2.05) is 24.3 Å². The molecule has 1 aromatic heterocycles. The molecule has 4 unspecified atom stereocenters. The van der Waals surface area contributed by atoms with Crippen LogP contribution in [0, 0.1) is 24.7 Å². The number of benzene rings is 1. The van der Waals surface area contributed by atoms with Gasteiger partial charge in [-0.05, 0) is 43.2 Å². The van der Waals surface area contributed by atoms with Crippen LogP contribution >= 0.6 is 12.4 Å². The number of hydrogen-bond donors (Lipinski definition) is 2. The van der Waals surface area contributed by atoms with Crippen molar-refractivity contribution in [1.82, 2.24) is 10.1 Å². The molecular formula is C17H21ClN4O2. The SMILES string of the molecule is Cc1nc(-c2cccc(NC(=O)C3C4CCC(C4)C3N)c2)no1.Cl. The summed E-state index contributed by atoms with van der Waals surface area (Å²) >= 11 is 0. The first kappa shape index (κ1) is 16.9. The van der Waals surface area contributed by atoms with E-state index in [1.165, 1.54) is 6.42 Å². The lowest BCUT2D eigenvalue weighted by atomic mass is 9.84. The molecule has 1 aromatic carbocycles. The fourth-order valence-corrected chi connectivity index (χ4v) is 4.10. The Kier molecular flexibility index (Phi) is 4.60. The minimum absolute atomic E-state index is 0. The third-order valence-corrected chi connectivity index (χ3v) is 5.20. The van der Waals surface area contributed by atoms with E-state index in [4.69, 9.17) is 10.3 Å². The van der Waals surface area contributed by atoms with Gasteiger partial charge < -0.3 is 15.6 Å². The second-order valence-corrected chi connectivity index (χ2v) is 6.64. The van der Waals surface area contributed by atoms with Gasteiger partial charge in [-0.2, -0.15) is 4.98 Å². The number of nitrogens with zero attached hydrogens (tertiary/aromatic N) is 2. The molecule has 128 valence electrons. The molecule has 2 fully saturated rings. The Hall–Kier alpha value is -1.92. The summed E-state index contributed by atoms with van der Waals surface area (Å²) in [6.07, 6.45) is 3.39. The Balaban J connectivity index is 0.00000169. The van der Waals surface area contributed by atoms with Crippen molar-refractivity contribution in [2.24, 2.45) is 23.5 Å². The van der Waals surface area contributed by atoms with E-state index in [0.29, 0.717) is 23.6 Å². The molecule has 6 nitrogen and oxygen atoms in total. The zero-order valence-electron chi connectivity index (χ0n) is 13.4. The van der Waals surface area contributed by atoms with Gasteiger partial charge in [-0.3, -0.25) is 4.79 Å². The fourth-order valence-electron chi connectivity index (χ4n) is 4.10. The first-order chi connectivity index (χ1) is 11.1. The summed E-state index contributed by atoms with van der Waals surface area (Å²) in [7, 11) is 0. The molecule has 24 heavy (non-hydrogen) atoms. The number of hydrogen-bond acceptors (Lipinski definition) is 5. The second kappa shape index (κ2) is 6.53. The van der Waals surface area contributed by atoms with Crippen molar-refractivity contribution < 1.29 is 9.32 Å². The topological polar surface area (TPSA) is 94.0 Å². The minimum atomic E-state index is -0.0650. The molecule has 2 bridgehead atoms. The Bertz CT molecular complexity index is 746. The van der Waals surface area contributed by atoms with E-state index < -0.39 is 0 Å². The molecule has 2 saturated carbocycles. The maximum absolute atomic E-state index is 12.6. The number of nitrogens with one attached hydrogen (secondary N) is 1. The number of rotatable bonds is 3. The number of aryl methyl sites for hydroxylation is 1. The predicted molar refractivity (Wildman–Crippen MR) is 92.6 cm³/mol. The van der Waals surface area contributed by atoms with E-state index in [2.05, 4.69) is 15.5 Å². The number of carbonyl (C=O) groups excluding carboxylic acids is 1. The molecule has 1 amide bonds. The number of nitrogens with two attached hydrogens (primary N) is 1. The maximum atomic E-state index is 12.6. The molecule has 0 saturated heterocycles. The van der Waals surface area contributed by atoms with E-state index in [9.17, 15) is 4.79 Å². The number of aromatic nitrogens is 2. The summed E-state index contributed by atoms with van der Waals surface area (Å²) < 4.78 is 5.00. The molecular weight excluding hydrogens is 328 g/mol. The van der Waals surface area contributed by atoms with Crippen molar-refractivity contribution in [3.05, 3.63) is 30.2 Å². The van der Waals surface area contributed by atoms with Crippen LogP contribution in [0.25, 0.3) is 11.4 Å². The molecule has 3 N–H and O–H groups in total. The van der Waals surface area contributed by atoms with Crippen molar-refractivity contribution in [2.45, 2.75) is 32.2 Å². The van der Waals surface area contributed by atoms with Gasteiger partial charge in [0, 0.05) is 24.2 Å². The smallest absolute Gasteiger partial charge is 0.229 e. The van der Waals surface area contributed by atoms with Gasteiger partial charge in [-0.1, -0.05) is 17.3 Å². The van der Waals surface area contributed by atoms with Gasteiger partial charge in [0.2, 0.25) is 17.6 Å². The largest absolute Gasteiger partial charge is 0.339 e. The first-order valence-corrected chi connectivity index (χ1v) is 8.09. The van der Waals surface area contributed by atoms with Crippen molar-refractivity contribution >= 4 is 24.0 Å². The van der Waals surface area contributed by atoms with Gasteiger partial charge in [-0.15, -0.1) is 12.4 Å². The third-order valence-electron chi connectivity index (χ3n) is 5.20. The maximum Gasteiger partial charge on any atom is 0.229 e. The summed E-state index contributed by atoms with van der Waals surface area (Å²) in [6.45, 7) is 1.75. The molecule has 0 spiro atoms. The molecule has 2 aliphatic carbocycles. The Morgan fingerprint density at radius 3 is 2.79 bits per heavy atom. The molecule has 0 aliphatic heterocycles. The molecule has 2 aromatic rings. The Morgan fingerprint density at radius 2 is 2.12 bits per heavy atom. The van der Waals surface area contributed by atoms with Crippen LogP contribution < -0.4 is 11.1 Å². The highest BCUT2D eigenvalue weighted by Crippen LogP contribution is 2.47. The highest BCUT2D eigenvalue weighted by atomic mass is 35.5. The standard InChI is InChI=1S/C17H20N4O2.ClH/c1-9-19-16(21-23-9)12-3-2-4-13(8-12)20-17(22)14-10-5-6-11(7-10)15(14)18;/h2-4,8,10-11,14-15H,5-7,18H2,1H3,(H,20,22);1H. The first-order valence-electron chi connectivity index (χ1n) is 8.09. The summed E-state index contributed by atoms with van der Waals surface area (Å²) in [5.74, 6) is 1.97. The van der Waals surface area contributed by atoms with Crippen LogP contribution in [0.3, 0.4) is 0 Å². The van der Waals surface area contributed by atoms with Crippen LogP contribution in [0.4, 0.5) is 5.69 Å². The molecule has 4 rings (SSSR count). The average Bonchev–Trinajstić information content (AvgIpc) is 3.23. The van der Waals surface area contributed by atoms with Crippen LogP contribution in [0.15, 0.2) is 28.8 Å². The molecule has 0 radical (unpaired) electrons. The monoisotopic (exact) mass is 348 g/mol. The van der Waals surface area contributed by atoms with E-state index in [0.717, 1.165) is 24.1 Å². The Morgan fingerprint density at radius 1 is 1.33 bits per heavy atom. The van der Waals surface area contributed by atoms with Gasteiger partial charge in [0.15, 0.2) is 0 Å². The number of fused-ring (bicyclic) bond motifs is 2. The van der Waals surface area contributed by atoms with Gasteiger partial charge in [0.25, 0.3) is 0 Å². The quantitative estimate of drug-likeness (QED) is 0.889. The summed E-state index contributed by atoms with van der Waals surface area (Å²) in [4.78, 5) is 16.8. The second-order valence-electron chi connectivity index (χ2n) is 6.64. The van der Waals surface area contributed by atoms with Crippen molar-refractivity contribution in [2.75, 3.05) is 5.32 Å². The van der Waals surface area contributed by atoms with Crippen LogP contribution in [0.5, 0.6) is 0 Å². The van der Waals surface area contributed by atoms with Crippen LogP contribution in [-0.2, 0) is 4.79 Å². The molecule has 4 atom stereocenters. The highest BCUT2D eigenvalue weighted by Gasteiger charge is 2.49. The van der Waals surface area contributed by atoms with Gasteiger partial charge in [0.05, 0.1) is 5.92 Å². The lowest BCUT2D eigenvalue weighted by Crippen LogP contribution is -2.42. The van der Waals surface area contributed by atoms with Crippen molar-refractivity contribution in [3.8, 4) is 11.4 Å². The van der Waals surface area contributed by atoms with Crippen LogP contribution in [-0.4, -0.2) is 22.1 Å². The average molecular weight is 349 g/mol. The lowest BCUT2D eigenvalue weighted by molar-refractivity contribution is -0.121. The van der Waals surface area contributed by atoms with Gasteiger partial charge in [0.1, 0.15) is 0 Å². The zero-order valence-corrected chi connectivity index (χ0v) is 14.3. The Labute approximate surface area is 146 Å². The molecule has 7 heteroatoms. The van der Waals surface area contributed by atoms with Crippen LogP contribution in [0.1, 0.15) is 25.2 Å². The normalized spacial score (nSPS) is 27.8. The minimum Gasteiger partial charge on any atom is -0.339 e. The van der Waals surface area contributed by atoms with E-state index >= 15 is 0 Å².